The van der Waals surface area contributed by atoms with Crippen molar-refractivity contribution in [3.63, 3.8) is 0 Å². The van der Waals surface area contributed by atoms with Gasteiger partial charge in [0.15, 0.2) is 0 Å². The first-order chi connectivity index (χ1) is 3.41. The van der Waals surface area contributed by atoms with Crippen molar-refractivity contribution in [2.24, 2.45) is 0 Å². The van der Waals surface area contributed by atoms with Crippen molar-refractivity contribution < 1.29 is 4.65 Å². The zero-order valence-corrected chi connectivity index (χ0v) is 4.29. The molecule has 0 amide bonds. The highest BCUT2D eigenvalue weighted by Gasteiger charge is 1.73. The van der Waals surface area contributed by atoms with Gasteiger partial charge in [-0.3, -0.25) is 0 Å². The zero-order valence-electron chi connectivity index (χ0n) is 4.29. The van der Waals surface area contributed by atoms with Gasteiger partial charge in [-0.15, -0.1) is 12.0 Å². The first kappa shape index (κ1) is 6.89. The van der Waals surface area contributed by atoms with E-state index in [1.54, 1.807) is 26.5 Å². The molecule has 0 aromatic carbocycles. The van der Waals surface area contributed by atoms with Crippen LogP contribution in [0.2, 0.25) is 0 Å². The fourth-order valence-corrected chi connectivity index (χ4v) is 0.188. The largest absolute Gasteiger partial charge is 0.438 e. The highest BCUT2D eigenvalue weighted by Crippen LogP contribution is 1.64. The maximum atomic E-state index is 4.98. The standard InChI is InChI=1S/C3H5B3O/c1-7-6-3-2-5-4/h2-3H,1H3/b3-2+. The quantitative estimate of drug-likeness (QED) is 0.424. The summed E-state index contributed by atoms with van der Waals surface area (Å²) in [5.74, 6) is 3.39. The Kier molecular flexibility index (Phi) is 5.81. The molecular formula is C3H5B3O. The van der Waals surface area contributed by atoms with Crippen LogP contribution in [0.25, 0.3) is 0 Å². The second kappa shape index (κ2) is 5.89. The Labute approximate surface area is 47.0 Å². The smallest absolute Gasteiger partial charge is 0.320 e. The van der Waals surface area contributed by atoms with Crippen molar-refractivity contribution in [3.8, 4) is 0 Å². The van der Waals surface area contributed by atoms with E-state index in [1.807, 2.05) is 0 Å². The lowest BCUT2D eigenvalue weighted by molar-refractivity contribution is 0.449. The molecule has 0 saturated carbocycles. The molecule has 0 saturated heterocycles. The maximum absolute atomic E-state index is 4.98. The summed E-state index contributed by atoms with van der Waals surface area (Å²) >= 11 is 0. The van der Waals surface area contributed by atoms with Crippen LogP contribution in [0.3, 0.4) is 0 Å². The molecule has 0 aliphatic heterocycles. The summed E-state index contributed by atoms with van der Waals surface area (Å²) in [6, 6.07) is 0. The van der Waals surface area contributed by atoms with Gasteiger partial charge in [0.25, 0.3) is 0 Å². The van der Waals surface area contributed by atoms with Crippen LogP contribution >= 0.6 is 0 Å². The van der Waals surface area contributed by atoms with Gasteiger partial charge in [-0.25, -0.2) is 0 Å². The second-order valence-corrected chi connectivity index (χ2v) is 0.949. The number of hydrogen-bond donors (Lipinski definition) is 0. The highest BCUT2D eigenvalue weighted by atomic mass is 16.4. The van der Waals surface area contributed by atoms with Gasteiger partial charge in [-0.1, -0.05) is 0 Å². The first-order valence-electron chi connectivity index (χ1n) is 1.98. The van der Waals surface area contributed by atoms with Crippen molar-refractivity contribution in [1.82, 2.24) is 0 Å². The van der Waals surface area contributed by atoms with Crippen molar-refractivity contribution >= 4 is 22.4 Å². The van der Waals surface area contributed by atoms with Crippen LogP contribution in [-0.2, 0) is 4.65 Å². The summed E-state index contributed by atoms with van der Waals surface area (Å²) in [5.41, 5.74) is 0. The second-order valence-electron chi connectivity index (χ2n) is 0.949. The highest BCUT2D eigenvalue weighted by molar-refractivity contribution is 6.92. The molecule has 0 fully saturated rings. The molecule has 0 aliphatic carbocycles. The summed E-state index contributed by atoms with van der Waals surface area (Å²) in [6.07, 6.45) is 0. The van der Waals surface area contributed by atoms with E-state index in [4.69, 9.17) is 7.74 Å². The summed E-state index contributed by atoms with van der Waals surface area (Å²) in [4.78, 5) is 0. The molecule has 0 bridgehead atoms. The van der Waals surface area contributed by atoms with Crippen molar-refractivity contribution in [2.45, 2.75) is 0 Å². The van der Waals surface area contributed by atoms with Crippen LogP contribution < -0.4 is 0 Å². The minimum Gasteiger partial charge on any atom is -0.438 e. The predicted octanol–water partition coefficient (Wildman–Crippen LogP) is -0.489. The van der Waals surface area contributed by atoms with E-state index in [0.717, 1.165) is 0 Å². The third-order valence-corrected chi connectivity index (χ3v) is 0.437. The fourth-order valence-electron chi connectivity index (χ4n) is 0.188. The Balaban J connectivity index is 2.78. The zero-order chi connectivity index (χ0) is 5.54. The van der Waals surface area contributed by atoms with E-state index >= 15 is 0 Å². The molecule has 0 rings (SSSR count). The molecule has 0 unspecified atom stereocenters. The molecule has 4 radical (unpaired) electrons. The van der Waals surface area contributed by atoms with Crippen molar-refractivity contribution in [3.05, 3.63) is 12.0 Å². The maximum Gasteiger partial charge on any atom is 0.320 e. The average Bonchev–Trinajstić information content (AvgIpc) is 1.69. The van der Waals surface area contributed by atoms with Gasteiger partial charge in [0.1, 0.15) is 0 Å². The molecular weight excluding hydrogens is 84.5 g/mol. The summed E-state index contributed by atoms with van der Waals surface area (Å²) in [5, 5.41) is 0. The molecule has 0 aromatic rings. The predicted molar refractivity (Wildman–Crippen MR) is 33.4 cm³/mol. The van der Waals surface area contributed by atoms with Gasteiger partial charge in [-0.05, 0) is 0 Å². The van der Waals surface area contributed by atoms with E-state index in [2.05, 4.69) is 4.65 Å². The lowest BCUT2D eigenvalue weighted by atomic mass is 9.55. The molecule has 4 heteroatoms. The Morgan fingerprint density at radius 1 is 1.57 bits per heavy atom. The SMILES string of the molecule is [B][B]/C=C/[B]OC. The van der Waals surface area contributed by atoms with E-state index in [9.17, 15) is 0 Å². The number of rotatable bonds is 3. The van der Waals surface area contributed by atoms with Crippen LogP contribution in [0.15, 0.2) is 12.0 Å². The minimum absolute atomic E-state index is 1.44. The Bertz CT molecular complexity index is 54.1. The Morgan fingerprint density at radius 2 is 2.29 bits per heavy atom. The summed E-state index contributed by atoms with van der Waals surface area (Å²) < 4.78 is 4.56. The van der Waals surface area contributed by atoms with Gasteiger partial charge in [-0.2, -0.15) is 0 Å². The van der Waals surface area contributed by atoms with Gasteiger partial charge in [0.2, 0.25) is 0 Å². The van der Waals surface area contributed by atoms with Gasteiger partial charge in [0, 0.05) is 14.8 Å². The first-order valence-corrected chi connectivity index (χ1v) is 1.98. The van der Waals surface area contributed by atoms with E-state index < -0.39 is 0 Å². The summed E-state index contributed by atoms with van der Waals surface area (Å²) in [6.45, 7) is 0. The van der Waals surface area contributed by atoms with Crippen LogP contribution in [0.1, 0.15) is 0 Å². The monoisotopic (exact) mass is 90.1 g/mol. The van der Waals surface area contributed by atoms with E-state index in [-0.39, 0.29) is 0 Å². The van der Waals surface area contributed by atoms with E-state index in [0.29, 0.717) is 0 Å². The normalized spacial score (nSPS) is 9.29. The molecule has 1 nitrogen and oxygen atoms in total. The van der Waals surface area contributed by atoms with Gasteiger partial charge >= 0.3 is 7.48 Å². The van der Waals surface area contributed by atoms with Gasteiger partial charge in [0.05, 0.1) is 7.17 Å². The molecule has 0 N–H and O–H groups in total. The molecule has 0 spiro atoms. The van der Waals surface area contributed by atoms with E-state index in [1.165, 1.54) is 7.17 Å². The lowest BCUT2D eigenvalue weighted by Gasteiger charge is -1.80. The molecule has 32 valence electrons. The van der Waals surface area contributed by atoms with Crippen LogP contribution in [0.5, 0.6) is 0 Å². The fraction of sp³-hybridized carbons (Fsp3) is 0.333. The third kappa shape index (κ3) is 5.89. The Morgan fingerprint density at radius 3 is 2.71 bits per heavy atom. The molecule has 0 aromatic heterocycles. The third-order valence-electron chi connectivity index (χ3n) is 0.437. The molecule has 0 heterocycles. The van der Waals surface area contributed by atoms with Crippen molar-refractivity contribution in [2.75, 3.05) is 7.11 Å². The average molecular weight is 89.5 g/mol. The number of hydrogen-bond acceptors (Lipinski definition) is 1. The molecule has 0 atom stereocenters. The van der Waals surface area contributed by atoms with Crippen molar-refractivity contribution in [1.29, 1.82) is 0 Å². The lowest BCUT2D eigenvalue weighted by Crippen LogP contribution is -1.89. The Hall–Kier alpha value is -0.105. The van der Waals surface area contributed by atoms with Crippen LogP contribution in [-0.4, -0.2) is 29.5 Å². The van der Waals surface area contributed by atoms with Crippen LogP contribution in [0, 0.1) is 0 Å². The van der Waals surface area contributed by atoms with Crippen LogP contribution in [0.4, 0.5) is 0 Å². The topological polar surface area (TPSA) is 9.23 Å². The molecule has 0 aliphatic rings. The molecule has 7 heavy (non-hydrogen) atoms. The minimum atomic E-state index is 1.44. The van der Waals surface area contributed by atoms with Gasteiger partial charge < -0.3 is 4.65 Å². The summed E-state index contributed by atoms with van der Waals surface area (Å²) in [7, 11) is 9.55.